The van der Waals surface area contributed by atoms with Crippen LogP contribution in [0.25, 0.3) is 0 Å². The first-order chi connectivity index (χ1) is 3.41. The summed E-state index contributed by atoms with van der Waals surface area (Å²) in [5, 5.41) is 0. The third-order valence-electron chi connectivity index (χ3n) is 0. The van der Waals surface area contributed by atoms with Gasteiger partial charge < -0.3 is 0 Å². The molecule has 0 spiro atoms. The monoisotopic (exact) mass is 122 g/mol. The van der Waals surface area contributed by atoms with Crippen molar-refractivity contribution in [3.63, 3.8) is 0 Å². The Hall–Kier alpha value is -0.270. The molecule has 0 aromatic carbocycles. The van der Waals surface area contributed by atoms with Crippen molar-refractivity contribution in [1.82, 2.24) is 0 Å². The van der Waals surface area contributed by atoms with Crippen LogP contribution in [0, 0.1) is 0 Å². The van der Waals surface area contributed by atoms with Crippen LogP contribution in [0.1, 0.15) is 13.8 Å². The van der Waals surface area contributed by atoms with E-state index in [4.69, 9.17) is 9.59 Å². The van der Waals surface area contributed by atoms with Crippen LogP contribution in [0.15, 0.2) is 0 Å². The second kappa shape index (κ2) is 241. The molecule has 0 rings (SSSR count). The molecular formula is C4H10O2S. The number of carbonyl (C=O) groups excluding carboxylic acids is 2. The van der Waals surface area contributed by atoms with Gasteiger partial charge in [-0.3, -0.25) is 0 Å². The molecule has 7 heavy (non-hydrogen) atoms. The Morgan fingerprint density at radius 3 is 1.14 bits per heavy atom. The summed E-state index contributed by atoms with van der Waals surface area (Å²) in [5.41, 5.74) is 0. The van der Waals surface area contributed by atoms with Crippen LogP contribution in [0.5, 0.6) is 0 Å². The maximum Gasteiger partial charge on any atom is 0.373 e. The normalized spacial score (nSPS) is 2.86. The highest BCUT2D eigenvalue weighted by Gasteiger charge is 1.13. The van der Waals surface area contributed by atoms with Gasteiger partial charge in [-0.25, -0.2) is 0 Å². The Morgan fingerprint density at radius 1 is 1.14 bits per heavy atom. The van der Waals surface area contributed by atoms with Gasteiger partial charge in [0.25, 0.3) is 0 Å². The molecule has 0 aliphatic carbocycles. The van der Waals surface area contributed by atoms with E-state index < -0.39 is 0 Å². The maximum atomic E-state index is 8.12. The highest BCUT2D eigenvalue weighted by Crippen LogP contribution is 1.31. The molecule has 2 nitrogen and oxygen atoms in total. The average molecular weight is 122 g/mol. The summed E-state index contributed by atoms with van der Waals surface area (Å²) in [6, 6.07) is 0. The lowest BCUT2D eigenvalue weighted by atomic mass is 11.0. The zero-order valence-electron chi connectivity index (χ0n) is 4.76. The van der Waals surface area contributed by atoms with Crippen LogP contribution < -0.4 is 0 Å². The van der Waals surface area contributed by atoms with Gasteiger partial charge in [0.1, 0.15) is 0 Å². The lowest BCUT2D eigenvalue weighted by Crippen LogP contribution is -1.22. The third-order valence-corrected chi connectivity index (χ3v) is 0. The Balaban J connectivity index is -0.0000000360. The topological polar surface area (TPSA) is 34.1 Å². The minimum atomic E-state index is 0.250. The van der Waals surface area contributed by atoms with Gasteiger partial charge >= 0.3 is 6.15 Å². The summed E-state index contributed by atoms with van der Waals surface area (Å²) in [7, 11) is 0. The van der Waals surface area contributed by atoms with Gasteiger partial charge in [0.15, 0.2) is 0 Å². The van der Waals surface area contributed by atoms with Crippen LogP contribution in [0.2, 0.25) is 0 Å². The predicted molar refractivity (Wildman–Crippen MR) is 31.3 cm³/mol. The minimum absolute atomic E-state index is 0.250. The van der Waals surface area contributed by atoms with Crippen LogP contribution in [-0.2, 0) is 9.59 Å². The zero-order chi connectivity index (χ0) is 6.71. The first-order valence-electron chi connectivity index (χ1n) is 1.86. The van der Waals surface area contributed by atoms with E-state index in [0.717, 1.165) is 0 Å². The van der Waals surface area contributed by atoms with Gasteiger partial charge in [-0.05, 0) is 6.26 Å². The molecule has 0 fully saturated rings. The number of thiol groups is 1. The number of rotatable bonds is 0. The van der Waals surface area contributed by atoms with Crippen LogP contribution in [-0.4, -0.2) is 12.4 Å². The van der Waals surface area contributed by atoms with Crippen molar-refractivity contribution in [2.45, 2.75) is 13.8 Å². The number of hydrogen-bond donors (Lipinski definition) is 1. The number of hydrogen-bond acceptors (Lipinski definition) is 3. The Bertz CT molecular complexity index is 30.7. The van der Waals surface area contributed by atoms with Crippen LogP contribution in [0.3, 0.4) is 0 Å². The molecule has 0 heterocycles. The molecule has 44 valence electrons. The van der Waals surface area contributed by atoms with Gasteiger partial charge in [0, 0.05) is 0 Å². The molecule has 0 aliphatic heterocycles. The predicted octanol–water partition coefficient (Wildman–Crippen LogP) is 0.989. The van der Waals surface area contributed by atoms with Gasteiger partial charge in [0.2, 0.25) is 0 Å². The smallest absolute Gasteiger partial charge is 0.186 e. The molecule has 0 unspecified atom stereocenters. The summed E-state index contributed by atoms with van der Waals surface area (Å²) < 4.78 is 0. The van der Waals surface area contributed by atoms with E-state index in [0.29, 0.717) is 0 Å². The Kier molecular flexibility index (Phi) is 546. The molecule has 0 saturated heterocycles. The Morgan fingerprint density at radius 2 is 1.14 bits per heavy atom. The van der Waals surface area contributed by atoms with Crippen molar-refractivity contribution in [2.24, 2.45) is 0 Å². The van der Waals surface area contributed by atoms with E-state index in [9.17, 15) is 0 Å². The fourth-order valence-corrected chi connectivity index (χ4v) is 0. The quantitative estimate of drug-likeness (QED) is 0.486. The summed E-state index contributed by atoms with van der Waals surface area (Å²) in [4.78, 5) is 16.2. The van der Waals surface area contributed by atoms with E-state index in [-0.39, 0.29) is 6.15 Å². The first kappa shape index (κ1) is 15.9. The second-order valence-corrected chi connectivity index (χ2v) is 0.0833. The standard InChI is InChI=1S/C2H6.CO2.CH4S/c1-2;2-1-3;1-2/h1-2H3;;2H,1H3. The van der Waals surface area contributed by atoms with Crippen LogP contribution >= 0.6 is 12.6 Å². The third kappa shape index (κ3) is 1090. The molecule has 0 aliphatic rings. The van der Waals surface area contributed by atoms with E-state index >= 15 is 0 Å². The molecule has 0 atom stereocenters. The molecule has 3 heteroatoms. The zero-order valence-corrected chi connectivity index (χ0v) is 5.66. The summed E-state index contributed by atoms with van der Waals surface area (Å²) >= 11 is 3.53. The van der Waals surface area contributed by atoms with Crippen LogP contribution in [0.4, 0.5) is 0 Å². The molecule has 0 saturated carbocycles. The van der Waals surface area contributed by atoms with Gasteiger partial charge in [-0.1, -0.05) is 13.8 Å². The SMILES string of the molecule is CC.CS.O=C=O. The van der Waals surface area contributed by atoms with E-state index in [1.54, 1.807) is 6.26 Å². The van der Waals surface area contributed by atoms with Gasteiger partial charge in [0.05, 0.1) is 0 Å². The molecule has 0 aromatic rings. The average Bonchev–Trinajstić information content (AvgIpc) is 1.78. The highest BCUT2D eigenvalue weighted by molar-refractivity contribution is 7.79. The second-order valence-electron chi connectivity index (χ2n) is 0.0833. The highest BCUT2D eigenvalue weighted by atomic mass is 32.1. The van der Waals surface area contributed by atoms with Crippen molar-refractivity contribution in [3.05, 3.63) is 0 Å². The fourth-order valence-electron chi connectivity index (χ4n) is 0. The van der Waals surface area contributed by atoms with E-state index in [1.807, 2.05) is 13.8 Å². The van der Waals surface area contributed by atoms with Crippen molar-refractivity contribution in [2.75, 3.05) is 6.26 Å². The maximum absolute atomic E-state index is 8.12. The first-order valence-corrected chi connectivity index (χ1v) is 2.75. The lowest BCUT2D eigenvalue weighted by molar-refractivity contribution is -0.191. The molecular weight excluding hydrogens is 112 g/mol. The molecule has 0 amide bonds. The van der Waals surface area contributed by atoms with Gasteiger partial charge in [-0.15, -0.1) is 0 Å². The van der Waals surface area contributed by atoms with Crippen molar-refractivity contribution >= 4 is 18.8 Å². The van der Waals surface area contributed by atoms with Crippen molar-refractivity contribution in [1.29, 1.82) is 0 Å². The van der Waals surface area contributed by atoms with Crippen molar-refractivity contribution in [3.8, 4) is 0 Å². The van der Waals surface area contributed by atoms with Crippen molar-refractivity contribution < 1.29 is 9.59 Å². The minimum Gasteiger partial charge on any atom is -0.186 e. The Labute approximate surface area is 49.3 Å². The molecule has 0 aromatic heterocycles. The summed E-state index contributed by atoms with van der Waals surface area (Å²) in [6.07, 6.45) is 1.94. The summed E-state index contributed by atoms with van der Waals surface area (Å²) in [5.74, 6) is 0. The largest absolute Gasteiger partial charge is 0.373 e. The summed E-state index contributed by atoms with van der Waals surface area (Å²) in [6.45, 7) is 4.00. The lowest BCUT2D eigenvalue weighted by Gasteiger charge is -1.11. The van der Waals surface area contributed by atoms with Gasteiger partial charge in [-0.2, -0.15) is 22.2 Å². The molecule has 0 radical (unpaired) electrons. The fraction of sp³-hybridized carbons (Fsp3) is 0.750. The van der Waals surface area contributed by atoms with E-state index in [2.05, 4.69) is 12.6 Å². The molecule has 0 N–H and O–H groups in total. The molecule has 0 bridgehead atoms. The van der Waals surface area contributed by atoms with E-state index in [1.165, 1.54) is 0 Å².